The highest BCUT2D eigenvalue weighted by molar-refractivity contribution is 6.36. The van der Waals surface area contributed by atoms with Crippen molar-refractivity contribution in [2.45, 2.75) is 51.6 Å². The Morgan fingerprint density at radius 1 is 1.17 bits per heavy atom. The summed E-state index contributed by atoms with van der Waals surface area (Å²) in [5.74, 6) is 0. The molecular weight excluding hydrogens is 267 g/mol. The van der Waals surface area contributed by atoms with Crippen molar-refractivity contribution in [2.75, 3.05) is 0 Å². The fourth-order valence-corrected chi connectivity index (χ4v) is 3.68. The number of aliphatic hydroxyl groups is 1. The van der Waals surface area contributed by atoms with Crippen LogP contribution in [0.5, 0.6) is 0 Å². The molecule has 0 amide bonds. The minimum Gasteiger partial charge on any atom is -0.390 e. The van der Waals surface area contributed by atoms with E-state index in [1.807, 2.05) is 18.2 Å². The van der Waals surface area contributed by atoms with Crippen LogP contribution >= 0.6 is 23.2 Å². The fourth-order valence-electron chi connectivity index (χ4n) is 3.14. The third-order valence-corrected chi connectivity index (χ3v) is 4.58. The minimum atomic E-state index is -0.670. The van der Waals surface area contributed by atoms with Crippen LogP contribution in [0, 0.1) is 5.41 Å². The molecule has 1 unspecified atom stereocenters. The molecule has 0 heterocycles. The lowest BCUT2D eigenvalue weighted by Gasteiger charge is -2.42. The van der Waals surface area contributed by atoms with Gasteiger partial charge in [-0.1, -0.05) is 49.5 Å². The van der Waals surface area contributed by atoms with Gasteiger partial charge in [0.1, 0.15) is 0 Å². The summed E-state index contributed by atoms with van der Waals surface area (Å²) in [5, 5.41) is 12.1. The van der Waals surface area contributed by atoms with E-state index in [1.165, 1.54) is 6.42 Å². The van der Waals surface area contributed by atoms with Gasteiger partial charge in [-0.3, -0.25) is 0 Å². The number of halogens is 2. The molecule has 1 aliphatic rings. The van der Waals surface area contributed by atoms with Gasteiger partial charge in [0.05, 0.1) is 5.60 Å². The van der Waals surface area contributed by atoms with Gasteiger partial charge in [0.25, 0.3) is 0 Å². The first-order valence-electron chi connectivity index (χ1n) is 6.47. The first kappa shape index (κ1) is 14.2. The van der Waals surface area contributed by atoms with E-state index in [4.69, 9.17) is 23.2 Å². The molecule has 100 valence electrons. The molecule has 0 aromatic heterocycles. The first-order valence-corrected chi connectivity index (χ1v) is 7.22. The summed E-state index contributed by atoms with van der Waals surface area (Å²) in [6.07, 6.45) is 4.42. The Balaban J connectivity index is 2.22. The molecule has 1 N–H and O–H groups in total. The van der Waals surface area contributed by atoms with Crippen molar-refractivity contribution in [3.05, 3.63) is 33.8 Å². The molecule has 3 heteroatoms. The van der Waals surface area contributed by atoms with Gasteiger partial charge in [-0.05, 0) is 42.4 Å². The molecular formula is C15H20Cl2O. The molecule has 1 aliphatic carbocycles. The van der Waals surface area contributed by atoms with Crippen molar-refractivity contribution >= 4 is 23.2 Å². The molecule has 1 nitrogen and oxygen atoms in total. The lowest BCUT2D eigenvalue weighted by atomic mass is 9.68. The minimum absolute atomic E-state index is 0.195. The third kappa shape index (κ3) is 3.20. The predicted octanol–water partition coefficient (Wildman–Crippen LogP) is 4.87. The highest BCUT2D eigenvalue weighted by Crippen LogP contribution is 2.43. The van der Waals surface area contributed by atoms with Crippen molar-refractivity contribution < 1.29 is 5.11 Å². The second kappa shape index (κ2) is 5.03. The number of hydrogen-bond donors (Lipinski definition) is 1. The molecule has 0 saturated heterocycles. The Bertz CT molecular complexity index is 422. The molecule has 1 atom stereocenters. The second-order valence-corrected chi connectivity index (χ2v) is 7.11. The van der Waals surface area contributed by atoms with Gasteiger partial charge >= 0.3 is 0 Å². The lowest BCUT2D eigenvalue weighted by molar-refractivity contribution is -0.0381. The molecule has 2 rings (SSSR count). The van der Waals surface area contributed by atoms with E-state index in [0.717, 1.165) is 24.8 Å². The van der Waals surface area contributed by atoms with Crippen molar-refractivity contribution in [3.8, 4) is 0 Å². The summed E-state index contributed by atoms with van der Waals surface area (Å²) in [6, 6.07) is 5.50. The summed E-state index contributed by atoms with van der Waals surface area (Å²) < 4.78 is 0. The summed E-state index contributed by atoms with van der Waals surface area (Å²) in [7, 11) is 0. The Morgan fingerprint density at radius 3 is 2.33 bits per heavy atom. The quantitative estimate of drug-likeness (QED) is 0.823. The van der Waals surface area contributed by atoms with Crippen LogP contribution < -0.4 is 0 Å². The summed E-state index contributed by atoms with van der Waals surface area (Å²) in [6.45, 7) is 4.43. The summed E-state index contributed by atoms with van der Waals surface area (Å²) in [5.41, 5.74) is 0.401. The number of rotatable bonds is 2. The largest absolute Gasteiger partial charge is 0.390 e. The highest BCUT2D eigenvalue weighted by Gasteiger charge is 2.39. The van der Waals surface area contributed by atoms with E-state index in [1.54, 1.807) is 0 Å². The molecule has 1 fully saturated rings. The monoisotopic (exact) mass is 286 g/mol. The van der Waals surface area contributed by atoms with E-state index < -0.39 is 5.60 Å². The van der Waals surface area contributed by atoms with E-state index >= 15 is 0 Å². The maximum absolute atomic E-state index is 10.8. The molecule has 0 radical (unpaired) electrons. The Labute approximate surface area is 119 Å². The zero-order valence-corrected chi connectivity index (χ0v) is 12.5. The van der Waals surface area contributed by atoms with Crippen LogP contribution in [0.4, 0.5) is 0 Å². The standard InChI is InChI=1S/C15H20Cl2O/c1-14(2)7-4-8-15(18,10-14)9-11-12(16)5-3-6-13(11)17/h3,5-6,18H,4,7-10H2,1-2H3. The van der Waals surface area contributed by atoms with Gasteiger partial charge < -0.3 is 5.11 Å². The van der Waals surface area contributed by atoms with Crippen molar-refractivity contribution in [1.82, 2.24) is 0 Å². The van der Waals surface area contributed by atoms with E-state index in [2.05, 4.69) is 13.8 Å². The van der Waals surface area contributed by atoms with Gasteiger partial charge in [-0.15, -0.1) is 0 Å². The Hall–Kier alpha value is -0.240. The smallest absolute Gasteiger partial charge is 0.0694 e. The fraction of sp³-hybridized carbons (Fsp3) is 0.600. The van der Waals surface area contributed by atoms with Gasteiger partial charge in [-0.25, -0.2) is 0 Å². The predicted molar refractivity (Wildman–Crippen MR) is 77.4 cm³/mol. The topological polar surface area (TPSA) is 20.2 Å². The first-order chi connectivity index (χ1) is 8.31. The van der Waals surface area contributed by atoms with Crippen LogP contribution in [0.2, 0.25) is 10.0 Å². The normalized spacial score (nSPS) is 27.2. The SMILES string of the molecule is CC1(C)CCCC(O)(Cc2c(Cl)cccc2Cl)C1. The zero-order chi connectivity index (χ0) is 13.4. The van der Waals surface area contributed by atoms with Gasteiger partial charge in [-0.2, -0.15) is 0 Å². The molecule has 0 bridgehead atoms. The molecule has 0 aliphatic heterocycles. The van der Waals surface area contributed by atoms with Crippen molar-refractivity contribution in [2.24, 2.45) is 5.41 Å². The zero-order valence-electron chi connectivity index (χ0n) is 11.0. The number of benzene rings is 1. The second-order valence-electron chi connectivity index (χ2n) is 6.30. The van der Waals surface area contributed by atoms with Crippen molar-refractivity contribution in [3.63, 3.8) is 0 Å². The van der Waals surface area contributed by atoms with Crippen LogP contribution in [0.15, 0.2) is 18.2 Å². The number of hydrogen-bond acceptors (Lipinski definition) is 1. The third-order valence-electron chi connectivity index (χ3n) is 3.87. The summed E-state index contributed by atoms with van der Waals surface area (Å²) in [4.78, 5) is 0. The van der Waals surface area contributed by atoms with Gasteiger partial charge in [0.15, 0.2) is 0 Å². The average Bonchev–Trinajstić information content (AvgIpc) is 2.22. The lowest BCUT2D eigenvalue weighted by Crippen LogP contribution is -2.40. The van der Waals surface area contributed by atoms with Gasteiger partial charge in [0.2, 0.25) is 0 Å². The molecule has 0 spiro atoms. The van der Waals surface area contributed by atoms with Crippen LogP contribution in [0.1, 0.15) is 45.1 Å². The van der Waals surface area contributed by atoms with Crippen LogP contribution in [-0.4, -0.2) is 10.7 Å². The van der Waals surface area contributed by atoms with Gasteiger partial charge in [0, 0.05) is 16.5 Å². The van der Waals surface area contributed by atoms with E-state index in [9.17, 15) is 5.11 Å². The maximum atomic E-state index is 10.8. The van der Waals surface area contributed by atoms with Crippen LogP contribution in [-0.2, 0) is 6.42 Å². The van der Waals surface area contributed by atoms with Crippen molar-refractivity contribution in [1.29, 1.82) is 0 Å². The maximum Gasteiger partial charge on any atom is 0.0694 e. The summed E-state index contributed by atoms with van der Waals surface area (Å²) >= 11 is 12.4. The molecule has 1 aromatic carbocycles. The van der Waals surface area contributed by atoms with Crippen LogP contribution in [0.3, 0.4) is 0 Å². The molecule has 18 heavy (non-hydrogen) atoms. The van der Waals surface area contributed by atoms with Crippen LogP contribution in [0.25, 0.3) is 0 Å². The molecule has 1 aromatic rings. The molecule has 1 saturated carbocycles. The Kier molecular flexibility index (Phi) is 3.96. The van der Waals surface area contributed by atoms with E-state index in [-0.39, 0.29) is 5.41 Å². The average molecular weight is 287 g/mol. The van der Waals surface area contributed by atoms with E-state index in [0.29, 0.717) is 16.5 Å². The Morgan fingerprint density at radius 2 is 1.78 bits per heavy atom. The highest BCUT2D eigenvalue weighted by atomic mass is 35.5.